The predicted molar refractivity (Wildman–Crippen MR) is 42.4 cm³/mol. The summed E-state index contributed by atoms with van der Waals surface area (Å²) < 4.78 is 0. The summed E-state index contributed by atoms with van der Waals surface area (Å²) >= 11 is 0. The van der Waals surface area contributed by atoms with Crippen LogP contribution in [0.15, 0.2) is 30.3 Å². The molecule has 4 heteroatoms. The summed E-state index contributed by atoms with van der Waals surface area (Å²) in [4.78, 5) is 5.01. The van der Waals surface area contributed by atoms with Crippen LogP contribution < -0.4 is 10.7 Å². The zero-order valence-electron chi connectivity index (χ0n) is 6.27. The second kappa shape index (κ2) is 3.92. The van der Waals surface area contributed by atoms with Crippen molar-refractivity contribution in [1.82, 2.24) is 5.28 Å². The molecule has 0 saturated carbocycles. The van der Waals surface area contributed by atoms with Crippen LogP contribution in [0.2, 0.25) is 0 Å². The zero-order chi connectivity index (χ0) is 8.10. The lowest BCUT2D eigenvalue weighted by Gasteiger charge is -2.26. The maximum Gasteiger partial charge on any atom is 0.147 e. The quantitative estimate of drug-likeness (QED) is 0.520. The lowest BCUT2D eigenvalue weighted by molar-refractivity contribution is -0.0218. The van der Waals surface area contributed by atoms with E-state index in [1.165, 1.54) is 0 Å². The Hall–Kier alpha value is -1.10. The number of hydrogen-bond donors (Lipinski definition) is 1. The lowest BCUT2D eigenvalue weighted by atomic mass is 10.3. The third-order valence-electron chi connectivity index (χ3n) is 1.14. The van der Waals surface area contributed by atoms with Gasteiger partial charge < -0.3 is 10.3 Å². The molecule has 4 nitrogen and oxygen atoms in total. The summed E-state index contributed by atoms with van der Waals surface area (Å²) in [5, 5.41) is 0.912. The molecule has 0 radical (unpaired) electrons. The minimum Gasteiger partial charge on any atom is -0.546 e. The number of benzene rings is 1. The highest BCUT2D eigenvalue weighted by molar-refractivity contribution is 5.20. The number of hydrazine groups is 1. The van der Waals surface area contributed by atoms with Crippen LogP contribution in [0.25, 0.3) is 5.43 Å². The molecule has 0 fully saturated rings. The Bertz CT molecular complexity index is 202. The molecular formula is C7H10N3O-. The van der Waals surface area contributed by atoms with Crippen LogP contribution in [0.1, 0.15) is 0 Å². The van der Waals surface area contributed by atoms with Crippen molar-refractivity contribution in [3.63, 3.8) is 0 Å². The molecule has 0 heterocycles. The van der Waals surface area contributed by atoms with E-state index in [0.29, 0.717) is 5.75 Å². The Morgan fingerprint density at radius 1 is 1.36 bits per heavy atom. The van der Waals surface area contributed by atoms with E-state index in [0.717, 1.165) is 5.28 Å². The topological polar surface area (TPSA) is 52.6 Å². The van der Waals surface area contributed by atoms with E-state index in [1.807, 2.05) is 18.2 Å². The van der Waals surface area contributed by atoms with E-state index in [9.17, 15) is 0 Å². The van der Waals surface area contributed by atoms with Gasteiger partial charge in [0.25, 0.3) is 0 Å². The molecule has 60 valence electrons. The van der Waals surface area contributed by atoms with E-state index in [2.05, 4.69) is 5.43 Å². The van der Waals surface area contributed by atoms with Gasteiger partial charge in [-0.2, -0.15) is 5.28 Å². The molecule has 0 amide bonds. The van der Waals surface area contributed by atoms with Crippen molar-refractivity contribution in [3.8, 4) is 5.75 Å². The van der Waals surface area contributed by atoms with Crippen LogP contribution >= 0.6 is 0 Å². The largest absolute Gasteiger partial charge is 0.546 e. The molecule has 0 atom stereocenters. The smallest absolute Gasteiger partial charge is 0.147 e. The molecule has 0 unspecified atom stereocenters. The Labute approximate surface area is 65.5 Å². The van der Waals surface area contributed by atoms with Crippen LogP contribution in [0, 0.1) is 0 Å². The SMILES string of the molecule is C[N-]N(N)Oc1ccccc1. The average Bonchev–Trinajstić information content (AvgIpc) is 2.06. The highest BCUT2D eigenvalue weighted by atomic mass is 16.7. The Balaban J connectivity index is 2.51. The van der Waals surface area contributed by atoms with E-state index in [1.54, 1.807) is 19.2 Å². The normalized spacial score (nSPS) is 10.1. The zero-order valence-corrected chi connectivity index (χ0v) is 6.27. The summed E-state index contributed by atoms with van der Waals surface area (Å²) in [6.45, 7) is 0. The van der Waals surface area contributed by atoms with Crippen molar-refractivity contribution in [2.45, 2.75) is 0 Å². The first-order valence-electron chi connectivity index (χ1n) is 3.20. The molecule has 0 aliphatic rings. The van der Waals surface area contributed by atoms with Crippen LogP contribution in [0.4, 0.5) is 0 Å². The van der Waals surface area contributed by atoms with Crippen LogP contribution in [0.5, 0.6) is 5.75 Å². The third kappa shape index (κ3) is 2.55. The summed E-state index contributed by atoms with van der Waals surface area (Å²) in [6, 6.07) is 9.21. The average molecular weight is 152 g/mol. The first kappa shape index (κ1) is 8.00. The maximum atomic E-state index is 5.25. The Morgan fingerprint density at radius 2 is 2.00 bits per heavy atom. The summed E-state index contributed by atoms with van der Waals surface area (Å²) in [5.41, 5.74) is 3.57. The highest BCUT2D eigenvalue weighted by Crippen LogP contribution is 2.09. The molecule has 2 N–H and O–H groups in total. The van der Waals surface area contributed by atoms with E-state index >= 15 is 0 Å². The van der Waals surface area contributed by atoms with Crippen LogP contribution in [-0.2, 0) is 0 Å². The summed E-state index contributed by atoms with van der Waals surface area (Å²) in [6.07, 6.45) is 0. The van der Waals surface area contributed by atoms with E-state index < -0.39 is 0 Å². The van der Waals surface area contributed by atoms with Gasteiger partial charge >= 0.3 is 0 Å². The molecule has 11 heavy (non-hydrogen) atoms. The van der Waals surface area contributed by atoms with Crippen molar-refractivity contribution in [2.24, 2.45) is 5.84 Å². The van der Waals surface area contributed by atoms with Crippen LogP contribution in [0.3, 0.4) is 0 Å². The van der Waals surface area contributed by atoms with Crippen molar-refractivity contribution in [2.75, 3.05) is 7.05 Å². The summed E-state index contributed by atoms with van der Waals surface area (Å²) in [7, 11) is 1.54. The highest BCUT2D eigenvalue weighted by Gasteiger charge is 1.88. The molecule has 0 aromatic heterocycles. The maximum absolute atomic E-state index is 5.25. The van der Waals surface area contributed by atoms with Gasteiger partial charge in [0.1, 0.15) is 5.75 Å². The minimum absolute atomic E-state index is 0.667. The van der Waals surface area contributed by atoms with Gasteiger partial charge in [-0.25, -0.2) is 0 Å². The lowest BCUT2D eigenvalue weighted by Crippen LogP contribution is -2.29. The Kier molecular flexibility index (Phi) is 2.85. The van der Waals surface area contributed by atoms with Gasteiger partial charge in [-0.1, -0.05) is 18.2 Å². The second-order valence-electron chi connectivity index (χ2n) is 1.91. The number of para-hydroxylation sites is 1. The Morgan fingerprint density at radius 3 is 2.55 bits per heavy atom. The third-order valence-corrected chi connectivity index (χ3v) is 1.14. The first-order chi connectivity index (χ1) is 5.33. The number of rotatable bonds is 3. The van der Waals surface area contributed by atoms with Gasteiger partial charge in [0, 0.05) is 0 Å². The molecule has 0 saturated heterocycles. The van der Waals surface area contributed by atoms with Gasteiger partial charge in [0.2, 0.25) is 0 Å². The monoisotopic (exact) mass is 152 g/mol. The van der Waals surface area contributed by atoms with Crippen molar-refractivity contribution in [1.29, 1.82) is 0 Å². The molecular weight excluding hydrogens is 142 g/mol. The molecule has 1 aromatic rings. The van der Waals surface area contributed by atoms with Gasteiger partial charge in [0.05, 0.1) is 0 Å². The van der Waals surface area contributed by atoms with E-state index in [4.69, 9.17) is 10.7 Å². The molecule has 0 spiro atoms. The molecule has 0 aliphatic heterocycles. The standard InChI is InChI=1S/C7H10N3O/c1-9-10(8)11-7-5-3-2-4-6-7/h2-6H,8H2,1H3/q-1. The fraction of sp³-hybridized carbons (Fsp3) is 0.143. The molecule has 0 bridgehead atoms. The number of hydrogen-bond acceptors (Lipinski definition) is 3. The summed E-state index contributed by atoms with van der Waals surface area (Å²) in [5.74, 6) is 5.92. The molecule has 1 aromatic carbocycles. The fourth-order valence-electron chi connectivity index (χ4n) is 0.630. The van der Waals surface area contributed by atoms with E-state index in [-0.39, 0.29) is 0 Å². The predicted octanol–water partition coefficient (Wildman–Crippen LogP) is 1.07. The second-order valence-corrected chi connectivity index (χ2v) is 1.91. The number of nitrogens with two attached hydrogens (primary N) is 1. The molecule has 1 rings (SSSR count). The van der Waals surface area contributed by atoms with Gasteiger partial charge in [-0.15, -0.1) is 7.05 Å². The van der Waals surface area contributed by atoms with Crippen molar-refractivity contribution < 1.29 is 4.84 Å². The van der Waals surface area contributed by atoms with Crippen molar-refractivity contribution >= 4 is 0 Å². The van der Waals surface area contributed by atoms with Crippen LogP contribution in [-0.4, -0.2) is 12.3 Å². The fourth-order valence-corrected chi connectivity index (χ4v) is 0.630. The van der Waals surface area contributed by atoms with Gasteiger partial charge in [-0.3, -0.25) is 5.84 Å². The van der Waals surface area contributed by atoms with Gasteiger partial charge in [0.15, 0.2) is 0 Å². The number of nitrogens with zero attached hydrogens (tertiary/aromatic N) is 2. The minimum atomic E-state index is 0.667. The van der Waals surface area contributed by atoms with Gasteiger partial charge in [-0.05, 0) is 12.1 Å². The molecule has 0 aliphatic carbocycles. The first-order valence-corrected chi connectivity index (χ1v) is 3.20. The van der Waals surface area contributed by atoms with Crippen molar-refractivity contribution in [3.05, 3.63) is 35.8 Å².